The molecule has 6 heteroatoms. The van der Waals surface area contributed by atoms with E-state index in [0.29, 0.717) is 0 Å². The van der Waals surface area contributed by atoms with Crippen LogP contribution in [-0.2, 0) is 4.79 Å². The van der Waals surface area contributed by atoms with Gasteiger partial charge in [0.1, 0.15) is 6.04 Å². The van der Waals surface area contributed by atoms with Crippen LogP contribution in [0.4, 0.5) is 0 Å². The minimum atomic E-state index is -0.157. The summed E-state index contributed by atoms with van der Waals surface area (Å²) in [6.45, 7) is 0.744. The first-order valence-electron chi connectivity index (χ1n) is 2.92. The van der Waals surface area contributed by atoms with Crippen LogP contribution in [-0.4, -0.2) is 18.5 Å². The van der Waals surface area contributed by atoms with E-state index in [4.69, 9.17) is 5.84 Å². The van der Waals surface area contributed by atoms with E-state index in [1.165, 1.54) is 0 Å². The third-order valence-corrected chi connectivity index (χ3v) is 1.25. The van der Waals surface area contributed by atoms with Gasteiger partial charge in [-0.1, -0.05) is 0 Å². The fourth-order valence-corrected chi connectivity index (χ4v) is 0.753. The van der Waals surface area contributed by atoms with E-state index < -0.39 is 0 Å². The van der Waals surface area contributed by atoms with Gasteiger partial charge in [-0.15, -0.1) is 0 Å². The molecule has 0 aromatic heterocycles. The summed E-state index contributed by atoms with van der Waals surface area (Å²) in [7, 11) is 0. The van der Waals surface area contributed by atoms with E-state index >= 15 is 0 Å². The highest BCUT2D eigenvalue weighted by atomic mass is 16.2. The zero-order valence-corrected chi connectivity index (χ0v) is 5.63. The monoisotopic (exact) mass is 147 g/mol. The van der Waals surface area contributed by atoms with Crippen LogP contribution in [0.1, 0.15) is 6.42 Å². The lowest BCUT2D eigenvalue weighted by Crippen LogP contribution is -2.40. The van der Waals surface area contributed by atoms with Gasteiger partial charge in [0.05, 0.1) is 0 Å². The average Bonchev–Trinajstić information content (AvgIpc) is 2.39. The maximum absolute atomic E-state index is 10.6. The van der Waals surface area contributed by atoms with Crippen molar-refractivity contribution in [1.82, 2.24) is 10.7 Å². The lowest BCUT2D eigenvalue weighted by molar-refractivity contribution is -0.120. The molecule has 1 heterocycles. The predicted octanol–water partition coefficient (Wildman–Crippen LogP) is -2.84. The van der Waals surface area contributed by atoms with E-state index in [2.05, 4.69) is 22.4 Å². The molecule has 1 amide bonds. The standard InChI is InChI=1S/C4H9N3O.H4N2/c5-7-3-1-2-6-4(3)8;1-2/h3,7H,1-2,5H2,(H,6,8);1-2H2. The second-order valence-electron chi connectivity index (χ2n) is 1.80. The van der Waals surface area contributed by atoms with Crippen LogP contribution in [0.15, 0.2) is 0 Å². The molecule has 0 aromatic rings. The molecule has 8 N–H and O–H groups in total. The molecule has 1 atom stereocenters. The van der Waals surface area contributed by atoms with Gasteiger partial charge in [0.2, 0.25) is 5.91 Å². The Kier molecular flexibility index (Phi) is 4.77. The van der Waals surface area contributed by atoms with Crippen LogP contribution in [0, 0.1) is 0 Å². The minimum absolute atomic E-state index is 0.00694. The Labute approximate surface area is 59.1 Å². The normalized spacial score (nSPS) is 23.1. The first-order chi connectivity index (χ1) is 4.84. The Hall–Kier alpha value is -0.690. The molecule has 1 unspecified atom stereocenters. The first kappa shape index (κ1) is 9.31. The van der Waals surface area contributed by atoms with Crippen LogP contribution in [0.5, 0.6) is 0 Å². The molecule has 60 valence electrons. The maximum Gasteiger partial charge on any atom is 0.238 e. The van der Waals surface area contributed by atoms with E-state index in [0.717, 1.165) is 13.0 Å². The molecular formula is C4H13N5O. The number of hydrazine groups is 2. The number of nitrogens with two attached hydrogens (primary N) is 3. The summed E-state index contributed by atoms with van der Waals surface area (Å²) in [6, 6.07) is -0.157. The molecule has 0 saturated carbocycles. The van der Waals surface area contributed by atoms with E-state index in [1.54, 1.807) is 0 Å². The van der Waals surface area contributed by atoms with Crippen molar-refractivity contribution in [1.29, 1.82) is 0 Å². The molecule has 10 heavy (non-hydrogen) atoms. The Morgan fingerprint density at radius 1 is 1.60 bits per heavy atom. The fourth-order valence-electron chi connectivity index (χ4n) is 0.753. The van der Waals surface area contributed by atoms with Crippen LogP contribution < -0.4 is 28.3 Å². The molecule has 1 fully saturated rings. The van der Waals surface area contributed by atoms with E-state index in [-0.39, 0.29) is 11.9 Å². The molecule has 1 aliphatic rings. The van der Waals surface area contributed by atoms with E-state index in [1.807, 2.05) is 0 Å². The van der Waals surface area contributed by atoms with Gasteiger partial charge >= 0.3 is 0 Å². The molecule has 0 aliphatic carbocycles. The number of hydrogen-bond donors (Lipinski definition) is 5. The number of carbonyl (C=O) groups excluding carboxylic acids is 1. The van der Waals surface area contributed by atoms with Crippen molar-refractivity contribution in [3.8, 4) is 0 Å². The highest BCUT2D eigenvalue weighted by Gasteiger charge is 2.21. The van der Waals surface area contributed by atoms with Crippen LogP contribution >= 0.6 is 0 Å². The zero-order chi connectivity index (χ0) is 7.98. The molecule has 0 spiro atoms. The highest BCUT2D eigenvalue weighted by molar-refractivity contribution is 5.83. The number of carbonyl (C=O) groups is 1. The molecule has 6 nitrogen and oxygen atoms in total. The Morgan fingerprint density at radius 3 is 2.40 bits per heavy atom. The second kappa shape index (κ2) is 5.12. The number of amides is 1. The summed E-state index contributed by atoms with van der Waals surface area (Å²) in [5, 5.41) is 2.64. The molecule has 0 bridgehead atoms. The van der Waals surface area contributed by atoms with Crippen molar-refractivity contribution in [3.05, 3.63) is 0 Å². The lowest BCUT2D eigenvalue weighted by atomic mass is 10.3. The molecule has 0 aromatic carbocycles. The predicted molar refractivity (Wildman–Crippen MR) is 37.1 cm³/mol. The molecule has 1 rings (SSSR count). The SMILES string of the molecule is NN.NNC1CCNC1=O. The van der Waals surface area contributed by atoms with Crippen LogP contribution in [0.25, 0.3) is 0 Å². The zero-order valence-electron chi connectivity index (χ0n) is 5.63. The fraction of sp³-hybridized carbons (Fsp3) is 0.750. The van der Waals surface area contributed by atoms with Crippen LogP contribution in [0.2, 0.25) is 0 Å². The third-order valence-electron chi connectivity index (χ3n) is 1.25. The van der Waals surface area contributed by atoms with Crippen molar-refractivity contribution in [2.45, 2.75) is 12.5 Å². The van der Waals surface area contributed by atoms with Gasteiger partial charge in [-0.2, -0.15) is 0 Å². The number of rotatable bonds is 1. The number of nitrogens with one attached hydrogen (secondary N) is 2. The van der Waals surface area contributed by atoms with E-state index in [9.17, 15) is 4.79 Å². The largest absolute Gasteiger partial charge is 0.355 e. The van der Waals surface area contributed by atoms with Crippen molar-refractivity contribution in [2.24, 2.45) is 17.5 Å². The second-order valence-corrected chi connectivity index (χ2v) is 1.80. The molecule has 0 radical (unpaired) electrons. The summed E-state index contributed by atoms with van der Waals surface area (Å²) >= 11 is 0. The quantitative estimate of drug-likeness (QED) is 0.202. The van der Waals surface area contributed by atoms with Gasteiger partial charge < -0.3 is 5.32 Å². The van der Waals surface area contributed by atoms with Crippen molar-refractivity contribution in [2.75, 3.05) is 6.54 Å². The van der Waals surface area contributed by atoms with Gasteiger partial charge in [0.25, 0.3) is 0 Å². The third kappa shape index (κ3) is 2.28. The minimum Gasteiger partial charge on any atom is -0.355 e. The summed E-state index contributed by atoms with van der Waals surface area (Å²) in [5.41, 5.74) is 2.40. The topological polar surface area (TPSA) is 119 Å². The van der Waals surface area contributed by atoms with Gasteiger partial charge in [-0.3, -0.25) is 22.3 Å². The van der Waals surface area contributed by atoms with Crippen molar-refractivity contribution < 1.29 is 4.79 Å². The summed E-state index contributed by atoms with van der Waals surface area (Å²) in [4.78, 5) is 10.6. The van der Waals surface area contributed by atoms with Gasteiger partial charge in [-0.05, 0) is 6.42 Å². The maximum atomic E-state index is 10.6. The lowest BCUT2D eigenvalue weighted by Gasteiger charge is -2.00. The van der Waals surface area contributed by atoms with Gasteiger partial charge in [0.15, 0.2) is 0 Å². The number of hydrogen-bond acceptors (Lipinski definition) is 5. The summed E-state index contributed by atoms with van der Waals surface area (Å²) < 4.78 is 0. The summed E-state index contributed by atoms with van der Waals surface area (Å²) in [5.74, 6) is 13.0. The first-order valence-corrected chi connectivity index (χ1v) is 2.92. The van der Waals surface area contributed by atoms with Crippen molar-refractivity contribution in [3.63, 3.8) is 0 Å². The highest BCUT2D eigenvalue weighted by Crippen LogP contribution is 1.95. The molecule has 1 saturated heterocycles. The molecular weight excluding hydrogens is 134 g/mol. The van der Waals surface area contributed by atoms with Crippen LogP contribution in [0.3, 0.4) is 0 Å². The Bertz CT molecular complexity index is 106. The average molecular weight is 147 g/mol. The van der Waals surface area contributed by atoms with Crippen molar-refractivity contribution >= 4 is 5.91 Å². The van der Waals surface area contributed by atoms with Gasteiger partial charge in [-0.25, -0.2) is 5.43 Å². The Balaban J connectivity index is 0.000000371. The smallest absolute Gasteiger partial charge is 0.238 e. The summed E-state index contributed by atoms with van der Waals surface area (Å²) in [6.07, 6.45) is 0.801. The Morgan fingerprint density at radius 2 is 2.20 bits per heavy atom. The van der Waals surface area contributed by atoms with Gasteiger partial charge in [0, 0.05) is 6.54 Å². The molecule has 1 aliphatic heterocycles.